The highest BCUT2D eigenvalue weighted by atomic mass is 35.5. The highest BCUT2D eigenvalue weighted by Gasteiger charge is 2.17. The Kier molecular flexibility index (Phi) is 3.64. The number of carbonyl (C=O) groups is 1. The lowest BCUT2D eigenvalue weighted by molar-refractivity contribution is 0.112. The predicted octanol–water partition coefficient (Wildman–Crippen LogP) is 4.75. The lowest BCUT2D eigenvalue weighted by Crippen LogP contribution is -1.91. The van der Waals surface area contributed by atoms with Gasteiger partial charge in [0, 0.05) is 11.1 Å². The molecule has 2 aromatic rings. The molecule has 18 heavy (non-hydrogen) atoms. The standard InChI is InChI=1S/C13H6Cl2F2O/c14-10-5-9(12(16)11(15)13(10)17)8-3-1-7(6-18)2-4-8/h1-6H. The zero-order valence-electron chi connectivity index (χ0n) is 8.88. The van der Waals surface area contributed by atoms with Crippen LogP contribution in [0.5, 0.6) is 0 Å². The zero-order chi connectivity index (χ0) is 13.3. The van der Waals surface area contributed by atoms with Crippen LogP contribution in [0.1, 0.15) is 10.4 Å². The highest BCUT2D eigenvalue weighted by molar-refractivity contribution is 6.35. The van der Waals surface area contributed by atoms with Crippen molar-refractivity contribution in [3.63, 3.8) is 0 Å². The number of carbonyl (C=O) groups excluding carboxylic acids is 1. The molecule has 92 valence electrons. The van der Waals surface area contributed by atoms with E-state index in [2.05, 4.69) is 0 Å². The van der Waals surface area contributed by atoms with E-state index < -0.39 is 16.7 Å². The fraction of sp³-hybridized carbons (Fsp3) is 0. The van der Waals surface area contributed by atoms with Gasteiger partial charge in [-0.25, -0.2) is 8.78 Å². The summed E-state index contributed by atoms with van der Waals surface area (Å²) in [4.78, 5) is 10.5. The fourth-order valence-corrected chi connectivity index (χ4v) is 1.98. The maximum absolute atomic E-state index is 13.8. The van der Waals surface area contributed by atoms with Gasteiger partial charge in [-0.05, 0) is 11.6 Å². The first-order chi connectivity index (χ1) is 8.54. The first-order valence-corrected chi connectivity index (χ1v) is 5.68. The van der Waals surface area contributed by atoms with E-state index in [0.29, 0.717) is 17.4 Å². The normalized spacial score (nSPS) is 10.4. The van der Waals surface area contributed by atoms with Crippen LogP contribution in [0.4, 0.5) is 8.78 Å². The van der Waals surface area contributed by atoms with Gasteiger partial charge < -0.3 is 0 Å². The van der Waals surface area contributed by atoms with E-state index in [1.165, 1.54) is 24.3 Å². The number of halogens is 4. The van der Waals surface area contributed by atoms with Crippen molar-refractivity contribution in [2.45, 2.75) is 0 Å². The van der Waals surface area contributed by atoms with Gasteiger partial charge in [-0.1, -0.05) is 47.5 Å². The molecule has 5 heteroatoms. The molecular formula is C13H6Cl2F2O. The quantitative estimate of drug-likeness (QED) is 0.442. The first-order valence-electron chi connectivity index (χ1n) is 4.93. The Labute approximate surface area is 112 Å². The van der Waals surface area contributed by atoms with Crippen LogP contribution in [0.2, 0.25) is 10.0 Å². The third-order valence-electron chi connectivity index (χ3n) is 2.46. The second-order valence-electron chi connectivity index (χ2n) is 3.59. The number of hydrogen-bond acceptors (Lipinski definition) is 1. The summed E-state index contributed by atoms with van der Waals surface area (Å²) < 4.78 is 27.1. The fourth-order valence-electron chi connectivity index (χ4n) is 1.52. The van der Waals surface area contributed by atoms with Crippen molar-refractivity contribution >= 4 is 29.5 Å². The smallest absolute Gasteiger partial charge is 0.163 e. The minimum Gasteiger partial charge on any atom is -0.298 e. The van der Waals surface area contributed by atoms with Crippen LogP contribution in [0.25, 0.3) is 11.1 Å². The lowest BCUT2D eigenvalue weighted by Gasteiger charge is -2.07. The minimum absolute atomic E-state index is 0.0869. The van der Waals surface area contributed by atoms with Crippen molar-refractivity contribution in [3.05, 3.63) is 57.6 Å². The number of rotatable bonds is 2. The molecule has 2 rings (SSSR count). The number of aldehydes is 1. The van der Waals surface area contributed by atoms with Gasteiger partial charge in [0.15, 0.2) is 11.6 Å². The Morgan fingerprint density at radius 2 is 1.61 bits per heavy atom. The molecule has 1 nitrogen and oxygen atoms in total. The van der Waals surface area contributed by atoms with E-state index in [1.54, 1.807) is 0 Å². The monoisotopic (exact) mass is 286 g/mol. The molecule has 2 aromatic carbocycles. The molecular weight excluding hydrogens is 281 g/mol. The topological polar surface area (TPSA) is 17.1 Å². The van der Waals surface area contributed by atoms with Gasteiger partial charge in [-0.3, -0.25) is 4.79 Å². The molecule has 0 aromatic heterocycles. The molecule has 0 aliphatic rings. The minimum atomic E-state index is -0.982. The maximum Gasteiger partial charge on any atom is 0.163 e. The van der Waals surface area contributed by atoms with Gasteiger partial charge in [0.25, 0.3) is 0 Å². The van der Waals surface area contributed by atoms with Crippen LogP contribution in [0, 0.1) is 11.6 Å². The van der Waals surface area contributed by atoms with Crippen molar-refractivity contribution in [1.82, 2.24) is 0 Å². The first kappa shape index (κ1) is 13.0. The summed E-state index contributed by atoms with van der Waals surface area (Å²) in [6.45, 7) is 0. The Hall–Kier alpha value is -1.45. The maximum atomic E-state index is 13.8. The highest BCUT2D eigenvalue weighted by Crippen LogP contribution is 2.34. The van der Waals surface area contributed by atoms with Gasteiger partial charge >= 0.3 is 0 Å². The van der Waals surface area contributed by atoms with Crippen LogP contribution >= 0.6 is 23.2 Å². The van der Waals surface area contributed by atoms with Crippen molar-refractivity contribution in [3.8, 4) is 11.1 Å². The van der Waals surface area contributed by atoms with Crippen LogP contribution in [0.3, 0.4) is 0 Å². The third kappa shape index (κ3) is 2.24. The number of hydrogen-bond donors (Lipinski definition) is 0. The van der Waals surface area contributed by atoms with Crippen LogP contribution in [-0.4, -0.2) is 6.29 Å². The molecule has 0 aliphatic heterocycles. The Bertz CT molecular complexity index is 609. The molecule has 0 aliphatic carbocycles. The van der Waals surface area contributed by atoms with Gasteiger partial charge in [0.05, 0.1) is 5.02 Å². The summed E-state index contributed by atoms with van der Waals surface area (Å²) in [5.74, 6) is -1.86. The van der Waals surface area contributed by atoms with Crippen molar-refractivity contribution in [1.29, 1.82) is 0 Å². The third-order valence-corrected chi connectivity index (χ3v) is 3.07. The molecule has 0 radical (unpaired) electrons. The van der Waals surface area contributed by atoms with Crippen molar-refractivity contribution < 1.29 is 13.6 Å². The van der Waals surface area contributed by atoms with Gasteiger partial charge in [0.2, 0.25) is 0 Å². The molecule has 0 saturated carbocycles. The zero-order valence-corrected chi connectivity index (χ0v) is 10.4. The molecule has 0 N–H and O–H groups in total. The Balaban J connectivity index is 2.60. The predicted molar refractivity (Wildman–Crippen MR) is 67.2 cm³/mol. The van der Waals surface area contributed by atoms with Crippen LogP contribution in [0.15, 0.2) is 30.3 Å². The Morgan fingerprint density at radius 1 is 1.00 bits per heavy atom. The molecule has 0 bridgehead atoms. The summed E-state index contributed by atoms with van der Waals surface area (Å²) in [6.07, 6.45) is 0.671. The van der Waals surface area contributed by atoms with E-state index in [-0.39, 0.29) is 10.6 Å². The summed E-state index contributed by atoms with van der Waals surface area (Å²) >= 11 is 11.1. The van der Waals surface area contributed by atoms with Gasteiger partial charge in [-0.15, -0.1) is 0 Å². The molecule has 0 spiro atoms. The summed E-state index contributed by atoms with van der Waals surface area (Å²) in [5.41, 5.74) is 1.00. The molecule has 0 fully saturated rings. The van der Waals surface area contributed by atoms with Gasteiger partial charge in [-0.2, -0.15) is 0 Å². The second-order valence-corrected chi connectivity index (χ2v) is 4.37. The lowest BCUT2D eigenvalue weighted by atomic mass is 10.0. The van der Waals surface area contributed by atoms with Crippen molar-refractivity contribution in [2.75, 3.05) is 0 Å². The van der Waals surface area contributed by atoms with E-state index in [0.717, 1.165) is 6.07 Å². The van der Waals surface area contributed by atoms with Crippen LogP contribution < -0.4 is 0 Å². The summed E-state index contributed by atoms with van der Waals surface area (Å²) in [6, 6.07) is 7.27. The van der Waals surface area contributed by atoms with E-state index in [1.807, 2.05) is 0 Å². The molecule has 0 unspecified atom stereocenters. The average molecular weight is 287 g/mol. The summed E-state index contributed by atoms with van der Waals surface area (Å²) in [5, 5.41) is -0.896. The summed E-state index contributed by atoms with van der Waals surface area (Å²) in [7, 11) is 0. The van der Waals surface area contributed by atoms with E-state index >= 15 is 0 Å². The SMILES string of the molecule is O=Cc1ccc(-c2cc(Cl)c(F)c(Cl)c2F)cc1. The second kappa shape index (κ2) is 5.04. The average Bonchev–Trinajstić information content (AvgIpc) is 2.41. The Morgan fingerprint density at radius 3 is 2.17 bits per heavy atom. The van der Waals surface area contributed by atoms with Gasteiger partial charge in [0.1, 0.15) is 11.3 Å². The molecule has 0 atom stereocenters. The van der Waals surface area contributed by atoms with E-state index in [4.69, 9.17) is 23.2 Å². The van der Waals surface area contributed by atoms with E-state index in [9.17, 15) is 13.6 Å². The van der Waals surface area contributed by atoms with Crippen LogP contribution in [-0.2, 0) is 0 Å². The number of benzene rings is 2. The van der Waals surface area contributed by atoms with Crippen molar-refractivity contribution in [2.24, 2.45) is 0 Å². The largest absolute Gasteiger partial charge is 0.298 e. The molecule has 0 saturated heterocycles. The molecule has 0 amide bonds. The molecule has 0 heterocycles.